The second-order valence-electron chi connectivity index (χ2n) is 6.44. The Morgan fingerprint density at radius 1 is 0.733 bits per heavy atom. The van der Waals surface area contributed by atoms with Crippen LogP contribution >= 0.6 is 0 Å². The molecule has 152 valence electrons. The van der Waals surface area contributed by atoms with Crippen molar-refractivity contribution >= 4 is 30.3 Å². The fourth-order valence-corrected chi connectivity index (χ4v) is 2.78. The number of anilines is 3. The Kier molecular flexibility index (Phi) is 6.54. The number of hydrazone groups is 2. The van der Waals surface area contributed by atoms with Crippen LogP contribution in [0.3, 0.4) is 0 Å². The smallest absolute Gasteiger partial charge is 0.250 e. The topological polar surface area (TPSA) is 99.9 Å². The minimum absolute atomic E-state index is 0.330. The lowest BCUT2D eigenvalue weighted by molar-refractivity contribution is 0.122. The summed E-state index contributed by atoms with van der Waals surface area (Å²) in [6.45, 7) is 2.69. The molecular weight excluding hydrogens is 380 g/mol. The first-order valence-electron chi connectivity index (χ1n) is 9.64. The molecule has 30 heavy (non-hydrogen) atoms. The molecule has 0 radical (unpaired) electrons. The Bertz CT molecular complexity index is 919. The Hall–Kier alpha value is -3.85. The lowest BCUT2D eigenvalue weighted by Crippen LogP contribution is -2.37. The van der Waals surface area contributed by atoms with Gasteiger partial charge in [0.15, 0.2) is 0 Å². The third-order valence-electron chi connectivity index (χ3n) is 4.27. The van der Waals surface area contributed by atoms with Gasteiger partial charge < -0.3 is 9.64 Å². The molecule has 9 nitrogen and oxygen atoms in total. The van der Waals surface area contributed by atoms with E-state index < -0.39 is 0 Å². The van der Waals surface area contributed by atoms with Crippen LogP contribution in [-0.2, 0) is 4.74 Å². The third-order valence-corrected chi connectivity index (χ3v) is 4.27. The van der Waals surface area contributed by atoms with E-state index in [0.29, 0.717) is 44.1 Å². The summed E-state index contributed by atoms with van der Waals surface area (Å²) >= 11 is 0. The highest BCUT2D eigenvalue weighted by Crippen LogP contribution is 2.15. The summed E-state index contributed by atoms with van der Waals surface area (Å²) < 4.78 is 5.42. The van der Waals surface area contributed by atoms with Gasteiger partial charge in [-0.2, -0.15) is 25.2 Å². The van der Waals surface area contributed by atoms with Crippen molar-refractivity contribution in [3.8, 4) is 0 Å². The molecule has 0 amide bonds. The predicted molar refractivity (Wildman–Crippen MR) is 118 cm³/mol. The molecule has 4 rings (SSSR count). The van der Waals surface area contributed by atoms with E-state index in [4.69, 9.17) is 4.74 Å². The summed E-state index contributed by atoms with van der Waals surface area (Å²) in [7, 11) is 0. The molecule has 1 aromatic heterocycles. The molecule has 1 fully saturated rings. The zero-order valence-corrected chi connectivity index (χ0v) is 16.3. The number of hydrogen-bond acceptors (Lipinski definition) is 9. The van der Waals surface area contributed by atoms with Gasteiger partial charge in [-0.25, -0.2) is 10.9 Å². The van der Waals surface area contributed by atoms with Crippen LogP contribution in [0.1, 0.15) is 11.1 Å². The lowest BCUT2D eigenvalue weighted by atomic mass is 10.2. The molecule has 0 bridgehead atoms. The zero-order chi connectivity index (χ0) is 20.4. The summed E-state index contributed by atoms with van der Waals surface area (Å²) in [4.78, 5) is 15.4. The van der Waals surface area contributed by atoms with Crippen molar-refractivity contribution in [2.24, 2.45) is 10.2 Å². The van der Waals surface area contributed by atoms with Gasteiger partial charge in [0.05, 0.1) is 25.6 Å². The van der Waals surface area contributed by atoms with Crippen molar-refractivity contribution in [1.82, 2.24) is 15.0 Å². The Balaban J connectivity index is 1.51. The van der Waals surface area contributed by atoms with E-state index in [2.05, 4.69) is 36.0 Å². The fourth-order valence-electron chi connectivity index (χ4n) is 2.78. The zero-order valence-electron chi connectivity index (χ0n) is 16.3. The van der Waals surface area contributed by atoms with Crippen LogP contribution < -0.4 is 15.8 Å². The number of hydrogen-bond donors (Lipinski definition) is 2. The number of aromatic nitrogens is 3. The molecule has 3 aromatic rings. The minimum atomic E-state index is 0.330. The van der Waals surface area contributed by atoms with E-state index in [0.717, 1.165) is 11.1 Å². The van der Waals surface area contributed by atoms with Crippen LogP contribution in [0.25, 0.3) is 0 Å². The quantitative estimate of drug-likeness (QED) is 0.463. The predicted octanol–water partition coefficient (Wildman–Crippen LogP) is 2.60. The highest BCUT2D eigenvalue weighted by molar-refractivity contribution is 5.80. The Labute approximate surface area is 174 Å². The van der Waals surface area contributed by atoms with Gasteiger partial charge in [0.1, 0.15) is 0 Å². The first-order chi connectivity index (χ1) is 14.9. The first kappa shape index (κ1) is 19.5. The second-order valence-corrected chi connectivity index (χ2v) is 6.44. The molecule has 2 N–H and O–H groups in total. The van der Waals surface area contributed by atoms with E-state index in [1.165, 1.54) is 0 Å². The minimum Gasteiger partial charge on any atom is -0.378 e. The second kappa shape index (κ2) is 10.1. The van der Waals surface area contributed by atoms with Crippen molar-refractivity contribution in [3.05, 3.63) is 71.8 Å². The number of morpholine rings is 1. The van der Waals surface area contributed by atoms with Crippen molar-refractivity contribution < 1.29 is 4.74 Å². The summed E-state index contributed by atoms with van der Waals surface area (Å²) in [5.41, 5.74) is 7.70. The van der Waals surface area contributed by atoms with E-state index >= 15 is 0 Å². The van der Waals surface area contributed by atoms with Crippen molar-refractivity contribution in [2.75, 3.05) is 42.1 Å². The number of nitrogens with one attached hydrogen (secondary N) is 2. The largest absolute Gasteiger partial charge is 0.378 e. The number of rotatable bonds is 7. The van der Waals surface area contributed by atoms with Crippen molar-refractivity contribution in [1.29, 1.82) is 0 Å². The van der Waals surface area contributed by atoms with Crippen LogP contribution in [0.4, 0.5) is 17.8 Å². The third kappa shape index (κ3) is 5.58. The average Bonchev–Trinajstić information content (AvgIpc) is 2.81. The molecular formula is C21H22N8O. The van der Waals surface area contributed by atoms with E-state index in [9.17, 15) is 0 Å². The van der Waals surface area contributed by atoms with Crippen LogP contribution in [0.5, 0.6) is 0 Å². The number of nitrogens with zero attached hydrogens (tertiary/aromatic N) is 6. The van der Waals surface area contributed by atoms with E-state index in [1.807, 2.05) is 65.6 Å². The van der Waals surface area contributed by atoms with Gasteiger partial charge >= 0.3 is 0 Å². The molecule has 0 saturated carbocycles. The highest BCUT2D eigenvalue weighted by atomic mass is 16.5. The number of benzene rings is 2. The summed E-state index contributed by atoms with van der Waals surface area (Å²) in [5.74, 6) is 1.20. The maximum atomic E-state index is 5.42. The SMILES string of the molecule is C(=N/Nc1nc(N/N=C\c2ccccc2)nc(N2CCOCC2)n1)/c1ccccc1. The first-order valence-corrected chi connectivity index (χ1v) is 9.64. The monoisotopic (exact) mass is 402 g/mol. The lowest BCUT2D eigenvalue weighted by Gasteiger charge is -2.26. The normalized spacial score (nSPS) is 14.3. The molecule has 9 heteroatoms. The van der Waals surface area contributed by atoms with E-state index in [1.54, 1.807) is 12.4 Å². The molecule has 2 aromatic carbocycles. The van der Waals surface area contributed by atoms with Crippen LogP contribution in [0, 0.1) is 0 Å². The van der Waals surface area contributed by atoms with Crippen LogP contribution in [0.15, 0.2) is 70.9 Å². The molecule has 0 unspecified atom stereocenters. The number of ether oxygens (including phenoxy) is 1. The maximum Gasteiger partial charge on any atom is 0.250 e. The standard InChI is InChI=1S/C21H22N8O/c1-3-7-17(8-4-1)15-22-27-19-24-20(28-23-16-18-9-5-2-6-10-18)26-21(25-19)29-11-13-30-14-12-29/h1-10,15-16H,11-14H2,(H2,24,25,26,27,28)/b22-15-,23-16-. The molecule has 2 heterocycles. The van der Waals surface area contributed by atoms with Gasteiger partial charge in [0.2, 0.25) is 17.8 Å². The van der Waals surface area contributed by atoms with Crippen molar-refractivity contribution in [3.63, 3.8) is 0 Å². The van der Waals surface area contributed by atoms with Gasteiger partial charge in [-0.15, -0.1) is 0 Å². The summed E-state index contributed by atoms with van der Waals surface area (Å²) in [5, 5.41) is 8.46. The van der Waals surface area contributed by atoms with Gasteiger partial charge in [-0.1, -0.05) is 60.7 Å². The summed E-state index contributed by atoms with van der Waals surface area (Å²) in [6, 6.07) is 19.6. The molecule has 0 atom stereocenters. The summed E-state index contributed by atoms with van der Waals surface area (Å²) in [6.07, 6.45) is 3.41. The van der Waals surface area contributed by atoms with Gasteiger partial charge in [0.25, 0.3) is 0 Å². The van der Waals surface area contributed by atoms with Gasteiger partial charge in [0, 0.05) is 13.1 Å². The fraction of sp³-hybridized carbons (Fsp3) is 0.190. The van der Waals surface area contributed by atoms with Crippen LogP contribution in [-0.4, -0.2) is 53.7 Å². The molecule has 1 aliphatic heterocycles. The van der Waals surface area contributed by atoms with Gasteiger partial charge in [-0.05, 0) is 11.1 Å². The molecule has 1 saturated heterocycles. The Morgan fingerprint density at radius 2 is 1.23 bits per heavy atom. The molecule has 0 spiro atoms. The van der Waals surface area contributed by atoms with Gasteiger partial charge in [-0.3, -0.25) is 0 Å². The average molecular weight is 402 g/mol. The molecule has 0 aliphatic carbocycles. The van der Waals surface area contributed by atoms with E-state index in [-0.39, 0.29) is 0 Å². The van der Waals surface area contributed by atoms with Crippen molar-refractivity contribution in [2.45, 2.75) is 0 Å². The maximum absolute atomic E-state index is 5.42. The van der Waals surface area contributed by atoms with Crippen LogP contribution in [0.2, 0.25) is 0 Å². The Morgan fingerprint density at radius 3 is 1.73 bits per heavy atom. The molecule has 1 aliphatic rings. The highest BCUT2D eigenvalue weighted by Gasteiger charge is 2.16.